The fourth-order valence-corrected chi connectivity index (χ4v) is 3.29. The molecular weight excluding hydrogens is 357 g/mol. The van der Waals surface area contributed by atoms with Gasteiger partial charge in [0.05, 0.1) is 0 Å². The van der Waals surface area contributed by atoms with E-state index in [1.807, 2.05) is 41.3 Å². The van der Waals surface area contributed by atoms with Crippen molar-refractivity contribution < 1.29 is 13.6 Å². The maximum atomic E-state index is 13.0. The Bertz CT molecular complexity index is 959. The van der Waals surface area contributed by atoms with E-state index >= 15 is 0 Å². The molecule has 1 amide bonds. The summed E-state index contributed by atoms with van der Waals surface area (Å²) in [5, 5.41) is 8.23. The van der Waals surface area contributed by atoms with E-state index in [4.69, 9.17) is 4.42 Å². The third kappa shape index (κ3) is 4.17. The number of benzene rings is 2. The van der Waals surface area contributed by atoms with Crippen molar-refractivity contribution >= 4 is 12.0 Å². The first kappa shape index (κ1) is 18.1. The number of hydrogen-bond donors (Lipinski definition) is 0. The van der Waals surface area contributed by atoms with E-state index in [9.17, 15) is 9.18 Å². The predicted octanol–water partition coefficient (Wildman–Crippen LogP) is 4.30. The van der Waals surface area contributed by atoms with Gasteiger partial charge in [-0.3, -0.25) is 4.79 Å². The van der Waals surface area contributed by atoms with E-state index in [0.717, 1.165) is 18.4 Å². The van der Waals surface area contributed by atoms with Crippen LogP contribution in [0.25, 0.3) is 17.5 Å². The first-order valence-corrected chi connectivity index (χ1v) is 9.30. The summed E-state index contributed by atoms with van der Waals surface area (Å²) in [6, 6.07) is 15.7. The van der Waals surface area contributed by atoms with Gasteiger partial charge in [0.25, 0.3) is 0 Å². The number of nitrogens with zero attached hydrogens (tertiary/aromatic N) is 3. The third-order valence-corrected chi connectivity index (χ3v) is 4.91. The molecule has 2 heterocycles. The van der Waals surface area contributed by atoms with Crippen molar-refractivity contribution in [1.29, 1.82) is 0 Å². The van der Waals surface area contributed by atoms with Gasteiger partial charge in [-0.25, -0.2) is 4.39 Å². The lowest BCUT2D eigenvalue weighted by molar-refractivity contribution is -0.127. The van der Waals surface area contributed by atoms with Gasteiger partial charge in [-0.1, -0.05) is 30.3 Å². The standard InChI is InChI=1S/C22H20FN3O2/c23-19-9-7-17(8-10-19)21-24-25-22(28-21)18-12-14-26(15-13-18)20(27)11-6-16-4-2-1-3-5-16/h1-11,18H,12-15H2/b11-6+. The Hall–Kier alpha value is -3.28. The second-order valence-electron chi connectivity index (χ2n) is 6.80. The van der Waals surface area contributed by atoms with Gasteiger partial charge in [-0.2, -0.15) is 0 Å². The van der Waals surface area contributed by atoms with Gasteiger partial charge in [0.2, 0.25) is 17.7 Å². The van der Waals surface area contributed by atoms with Crippen LogP contribution in [0.5, 0.6) is 0 Å². The summed E-state index contributed by atoms with van der Waals surface area (Å²) < 4.78 is 18.8. The second kappa shape index (κ2) is 8.17. The Balaban J connectivity index is 1.35. The number of rotatable bonds is 4. The molecule has 1 aromatic heterocycles. The molecule has 5 nitrogen and oxygen atoms in total. The van der Waals surface area contributed by atoms with Crippen molar-refractivity contribution in [1.82, 2.24) is 15.1 Å². The van der Waals surface area contributed by atoms with Gasteiger partial charge in [-0.05, 0) is 48.7 Å². The summed E-state index contributed by atoms with van der Waals surface area (Å²) in [4.78, 5) is 14.2. The molecule has 1 aliphatic heterocycles. The van der Waals surface area contributed by atoms with Crippen LogP contribution in [0, 0.1) is 5.82 Å². The summed E-state index contributed by atoms with van der Waals surface area (Å²) in [6.07, 6.45) is 5.00. The molecule has 1 saturated heterocycles. The highest BCUT2D eigenvalue weighted by Crippen LogP contribution is 2.29. The number of carbonyl (C=O) groups is 1. The van der Waals surface area contributed by atoms with Gasteiger partial charge in [0, 0.05) is 30.6 Å². The summed E-state index contributed by atoms with van der Waals surface area (Å²) in [5.74, 6) is 0.802. The molecule has 3 aromatic rings. The smallest absolute Gasteiger partial charge is 0.247 e. The quantitative estimate of drug-likeness (QED) is 0.636. The van der Waals surface area contributed by atoms with Crippen LogP contribution >= 0.6 is 0 Å². The average Bonchev–Trinajstić information content (AvgIpc) is 3.24. The van der Waals surface area contributed by atoms with E-state index in [1.165, 1.54) is 12.1 Å². The number of likely N-dealkylation sites (tertiary alicyclic amines) is 1. The number of amides is 1. The molecule has 0 N–H and O–H groups in total. The van der Waals surface area contributed by atoms with Gasteiger partial charge < -0.3 is 9.32 Å². The first-order chi connectivity index (χ1) is 13.7. The first-order valence-electron chi connectivity index (χ1n) is 9.30. The molecule has 0 aliphatic carbocycles. The van der Waals surface area contributed by atoms with Crippen LogP contribution in [-0.4, -0.2) is 34.1 Å². The molecule has 0 atom stereocenters. The zero-order valence-corrected chi connectivity index (χ0v) is 15.3. The Kier molecular flexibility index (Phi) is 5.28. The number of halogens is 1. The number of carbonyl (C=O) groups excluding carboxylic acids is 1. The molecule has 0 radical (unpaired) electrons. The van der Waals surface area contributed by atoms with Crippen molar-refractivity contribution in [2.24, 2.45) is 0 Å². The van der Waals surface area contributed by atoms with Crippen LogP contribution in [-0.2, 0) is 4.79 Å². The maximum absolute atomic E-state index is 13.0. The molecule has 142 valence electrons. The van der Waals surface area contributed by atoms with Crippen molar-refractivity contribution in [2.75, 3.05) is 13.1 Å². The Morgan fingerprint density at radius 3 is 2.46 bits per heavy atom. The lowest BCUT2D eigenvalue weighted by atomic mass is 9.97. The second-order valence-corrected chi connectivity index (χ2v) is 6.80. The molecule has 6 heteroatoms. The molecule has 28 heavy (non-hydrogen) atoms. The minimum Gasteiger partial charge on any atom is -0.420 e. The molecule has 0 saturated carbocycles. The normalized spacial score (nSPS) is 15.2. The molecule has 0 bridgehead atoms. The monoisotopic (exact) mass is 377 g/mol. The zero-order valence-electron chi connectivity index (χ0n) is 15.3. The molecule has 1 aliphatic rings. The molecule has 0 spiro atoms. The van der Waals surface area contributed by atoms with Crippen molar-refractivity contribution in [3.63, 3.8) is 0 Å². The number of hydrogen-bond acceptors (Lipinski definition) is 4. The van der Waals surface area contributed by atoms with E-state index < -0.39 is 0 Å². The maximum Gasteiger partial charge on any atom is 0.247 e. The molecule has 2 aromatic carbocycles. The van der Waals surface area contributed by atoms with Crippen LogP contribution in [0.4, 0.5) is 4.39 Å². The topological polar surface area (TPSA) is 59.2 Å². The molecular formula is C22H20FN3O2. The molecule has 0 unspecified atom stereocenters. The highest BCUT2D eigenvalue weighted by atomic mass is 19.1. The third-order valence-electron chi connectivity index (χ3n) is 4.91. The van der Waals surface area contributed by atoms with E-state index in [0.29, 0.717) is 30.4 Å². The van der Waals surface area contributed by atoms with Crippen molar-refractivity contribution in [2.45, 2.75) is 18.8 Å². The molecule has 4 rings (SSSR count). The van der Waals surface area contributed by atoms with Gasteiger partial charge >= 0.3 is 0 Å². The SMILES string of the molecule is O=C(/C=C/c1ccccc1)N1CCC(c2nnc(-c3ccc(F)cc3)o2)CC1. The highest BCUT2D eigenvalue weighted by molar-refractivity contribution is 5.91. The van der Waals surface area contributed by atoms with Crippen LogP contribution in [0.1, 0.15) is 30.2 Å². The predicted molar refractivity (Wildman–Crippen MR) is 104 cm³/mol. The number of piperidine rings is 1. The lowest BCUT2D eigenvalue weighted by Crippen LogP contribution is -2.36. The minimum absolute atomic E-state index is 0.0137. The Labute approximate surface area is 162 Å². The van der Waals surface area contributed by atoms with Crippen LogP contribution in [0.15, 0.2) is 65.1 Å². The Morgan fingerprint density at radius 2 is 1.75 bits per heavy atom. The zero-order chi connectivity index (χ0) is 19.3. The molecule has 1 fully saturated rings. The largest absolute Gasteiger partial charge is 0.420 e. The van der Waals surface area contributed by atoms with Gasteiger partial charge in [-0.15, -0.1) is 10.2 Å². The fourth-order valence-electron chi connectivity index (χ4n) is 3.29. The van der Waals surface area contributed by atoms with Crippen LogP contribution in [0.3, 0.4) is 0 Å². The van der Waals surface area contributed by atoms with E-state index in [1.54, 1.807) is 18.2 Å². The average molecular weight is 377 g/mol. The van der Waals surface area contributed by atoms with Crippen LogP contribution < -0.4 is 0 Å². The summed E-state index contributed by atoms with van der Waals surface area (Å²) in [5.41, 5.74) is 1.70. The lowest BCUT2D eigenvalue weighted by Gasteiger charge is -2.29. The van der Waals surface area contributed by atoms with Crippen molar-refractivity contribution in [3.8, 4) is 11.5 Å². The van der Waals surface area contributed by atoms with Gasteiger partial charge in [0.15, 0.2) is 0 Å². The summed E-state index contributed by atoms with van der Waals surface area (Å²) in [7, 11) is 0. The van der Waals surface area contributed by atoms with E-state index in [-0.39, 0.29) is 17.6 Å². The summed E-state index contributed by atoms with van der Waals surface area (Å²) in [6.45, 7) is 1.30. The van der Waals surface area contributed by atoms with E-state index in [2.05, 4.69) is 10.2 Å². The number of aromatic nitrogens is 2. The minimum atomic E-state index is -0.304. The van der Waals surface area contributed by atoms with Gasteiger partial charge in [0.1, 0.15) is 5.82 Å². The summed E-state index contributed by atoms with van der Waals surface area (Å²) >= 11 is 0. The van der Waals surface area contributed by atoms with Crippen LogP contribution in [0.2, 0.25) is 0 Å². The van der Waals surface area contributed by atoms with Crippen molar-refractivity contribution in [3.05, 3.63) is 77.9 Å². The fraction of sp³-hybridized carbons (Fsp3) is 0.227. The Morgan fingerprint density at radius 1 is 1.04 bits per heavy atom. The highest BCUT2D eigenvalue weighted by Gasteiger charge is 2.26.